The van der Waals surface area contributed by atoms with Gasteiger partial charge in [0.25, 0.3) is 11.8 Å². The second kappa shape index (κ2) is 11.6. The average Bonchev–Trinajstić information content (AvgIpc) is 3.40. The molecular weight excluding hydrogens is 528 g/mol. The van der Waals surface area contributed by atoms with Gasteiger partial charge in [0, 0.05) is 12.4 Å². The van der Waals surface area contributed by atoms with Crippen LogP contribution in [-0.2, 0) is 16.0 Å². The number of aryl methyl sites for hydroxylation is 2. The summed E-state index contributed by atoms with van der Waals surface area (Å²) >= 11 is 0. The molecule has 218 valence electrons. The van der Waals surface area contributed by atoms with E-state index in [0.717, 1.165) is 11.1 Å². The van der Waals surface area contributed by atoms with Crippen molar-refractivity contribution in [2.75, 3.05) is 0 Å². The second-order valence-electron chi connectivity index (χ2n) is 11.0. The molecule has 2 unspecified atom stereocenters. The van der Waals surface area contributed by atoms with Gasteiger partial charge in [0.1, 0.15) is 22.5 Å². The summed E-state index contributed by atoms with van der Waals surface area (Å²) < 4.78 is 0. The molecule has 2 aliphatic rings. The Balaban J connectivity index is 0.000000226. The van der Waals surface area contributed by atoms with Crippen molar-refractivity contribution in [3.8, 4) is 0 Å². The fourth-order valence-electron chi connectivity index (χ4n) is 4.07. The highest BCUT2D eigenvalue weighted by Crippen LogP contribution is 2.28. The van der Waals surface area contributed by atoms with E-state index < -0.39 is 23.0 Å². The van der Waals surface area contributed by atoms with Crippen LogP contribution in [0.15, 0.2) is 34.5 Å². The first-order valence-electron chi connectivity index (χ1n) is 13.3. The van der Waals surface area contributed by atoms with Crippen molar-refractivity contribution in [1.82, 2.24) is 20.6 Å². The van der Waals surface area contributed by atoms with Gasteiger partial charge >= 0.3 is 11.9 Å². The zero-order chi connectivity index (χ0) is 30.9. The van der Waals surface area contributed by atoms with Crippen LogP contribution in [-0.4, -0.2) is 66.7 Å². The number of aromatic carboxylic acids is 2. The molecule has 0 spiro atoms. The molecule has 0 aliphatic carbocycles. The number of hydrogen-bond donors (Lipinski definition) is 4. The Labute approximate surface area is 238 Å². The van der Waals surface area contributed by atoms with E-state index in [1.54, 1.807) is 39.2 Å². The number of hydrogen-bond acceptors (Lipinski definition) is 8. The number of carboxylic acids is 2. The van der Waals surface area contributed by atoms with E-state index in [9.17, 15) is 29.4 Å². The van der Waals surface area contributed by atoms with Crippen molar-refractivity contribution in [3.05, 3.63) is 58.2 Å². The average molecular weight is 565 g/mol. The molecule has 0 fully saturated rings. The lowest BCUT2D eigenvalue weighted by atomic mass is 9.89. The molecule has 2 aliphatic heterocycles. The Morgan fingerprint density at radius 3 is 1.59 bits per heavy atom. The molecule has 0 bridgehead atoms. The summed E-state index contributed by atoms with van der Waals surface area (Å²) in [6.45, 7) is 14.7. The number of pyridine rings is 2. The maximum absolute atomic E-state index is 12.1. The van der Waals surface area contributed by atoms with E-state index >= 15 is 0 Å². The third-order valence-corrected chi connectivity index (χ3v) is 7.61. The molecule has 0 aromatic carbocycles. The lowest BCUT2D eigenvalue weighted by Gasteiger charge is -2.21. The largest absolute Gasteiger partial charge is 0.478 e. The van der Waals surface area contributed by atoms with Gasteiger partial charge in [0.05, 0.1) is 11.1 Å². The summed E-state index contributed by atoms with van der Waals surface area (Å²) in [5.74, 6) is -2.18. The first-order chi connectivity index (χ1) is 19.0. The molecule has 0 radical (unpaired) electrons. The van der Waals surface area contributed by atoms with Gasteiger partial charge in [0.15, 0.2) is 11.7 Å². The molecule has 2 amide bonds. The number of nitrogens with zero attached hydrogens (tertiary/aromatic N) is 4. The van der Waals surface area contributed by atoms with Crippen LogP contribution in [0.25, 0.3) is 0 Å². The highest BCUT2D eigenvalue weighted by atomic mass is 16.4. The first-order valence-corrected chi connectivity index (χ1v) is 13.3. The Kier molecular flexibility index (Phi) is 8.75. The maximum atomic E-state index is 12.1. The normalized spacial score (nSPS) is 21.6. The van der Waals surface area contributed by atoms with Gasteiger partial charge < -0.3 is 20.8 Å². The number of carbonyl (C=O) groups is 4. The van der Waals surface area contributed by atoms with Crippen LogP contribution < -0.4 is 10.6 Å². The highest BCUT2D eigenvalue weighted by Gasteiger charge is 2.44. The SMILES string of the molecule is CCc1cnc(C2=NC(C)(C(C)C)C(=O)N2)c(C(=O)O)c1.Cc1cnc(C2=NC(C)(C(C)C)C(=O)N2)c(C(=O)O)c1. The Morgan fingerprint density at radius 2 is 1.22 bits per heavy atom. The molecule has 2 aromatic rings. The zero-order valence-corrected chi connectivity index (χ0v) is 24.5. The number of rotatable bonds is 7. The van der Waals surface area contributed by atoms with Crippen LogP contribution in [0.5, 0.6) is 0 Å². The van der Waals surface area contributed by atoms with Crippen molar-refractivity contribution in [1.29, 1.82) is 0 Å². The summed E-state index contributed by atoms with van der Waals surface area (Å²) in [7, 11) is 0. The van der Waals surface area contributed by atoms with Gasteiger partial charge in [-0.1, -0.05) is 34.6 Å². The van der Waals surface area contributed by atoms with Crippen molar-refractivity contribution in [2.45, 2.75) is 72.9 Å². The molecule has 0 saturated carbocycles. The lowest BCUT2D eigenvalue weighted by Crippen LogP contribution is -2.41. The van der Waals surface area contributed by atoms with Crippen LogP contribution in [0, 0.1) is 18.8 Å². The number of aromatic nitrogens is 2. The Morgan fingerprint density at radius 1 is 0.805 bits per heavy atom. The number of amides is 2. The van der Waals surface area contributed by atoms with Crippen molar-refractivity contribution in [3.63, 3.8) is 0 Å². The molecule has 2 atom stereocenters. The molecule has 4 N–H and O–H groups in total. The number of carbonyl (C=O) groups excluding carboxylic acids is 2. The van der Waals surface area contributed by atoms with E-state index in [1.807, 2.05) is 34.6 Å². The fraction of sp³-hybridized carbons (Fsp3) is 0.448. The number of nitrogens with one attached hydrogen (secondary N) is 2. The van der Waals surface area contributed by atoms with Crippen LogP contribution in [0.1, 0.15) is 91.7 Å². The summed E-state index contributed by atoms with van der Waals surface area (Å²) in [4.78, 5) is 64.0. The minimum Gasteiger partial charge on any atom is -0.478 e. The first kappa shape index (κ1) is 31.1. The van der Waals surface area contributed by atoms with E-state index in [1.165, 1.54) is 6.07 Å². The third kappa shape index (κ3) is 6.01. The predicted molar refractivity (Wildman–Crippen MR) is 152 cm³/mol. The summed E-state index contributed by atoms with van der Waals surface area (Å²) in [5, 5.41) is 23.9. The van der Waals surface area contributed by atoms with Gasteiger partial charge in [-0.3, -0.25) is 19.6 Å². The van der Waals surface area contributed by atoms with E-state index in [0.29, 0.717) is 6.42 Å². The van der Waals surface area contributed by atoms with Crippen LogP contribution in [0.2, 0.25) is 0 Å². The maximum Gasteiger partial charge on any atom is 0.338 e. The minimum absolute atomic E-state index is 0.00118. The topological polar surface area (TPSA) is 183 Å². The lowest BCUT2D eigenvalue weighted by molar-refractivity contribution is -0.125. The standard InChI is InChI=1S/C15H19N3O3.C14H17N3O3/c1-5-9-6-10(13(19)20)11(16-7-9)12-17-14(21)15(4,18-12)8(2)3;1-7(2)14(4)13(20)16-11(17-14)10-9(12(18)19)5-8(3)6-15-10/h6-8H,5H2,1-4H3,(H,19,20)(H,17,18,21);5-7H,1-4H3,(H,18,19)(H,16,17,20). The molecule has 0 saturated heterocycles. The monoisotopic (exact) mass is 564 g/mol. The fourth-order valence-corrected chi connectivity index (χ4v) is 4.07. The molecule has 4 heterocycles. The van der Waals surface area contributed by atoms with Crippen molar-refractivity contribution in [2.24, 2.45) is 21.8 Å². The van der Waals surface area contributed by atoms with Crippen molar-refractivity contribution >= 4 is 35.4 Å². The molecule has 2 aromatic heterocycles. The van der Waals surface area contributed by atoms with Gasteiger partial charge in [-0.2, -0.15) is 0 Å². The summed E-state index contributed by atoms with van der Waals surface area (Å²) in [6.07, 6.45) is 3.86. The van der Waals surface area contributed by atoms with Crippen LogP contribution >= 0.6 is 0 Å². The molecular formula is C29H36N6O6. The number of amidine groups is 2. The van der Waals surface area contributed by atoms with Gasteiger partial charge in [-0.25, -0.2) is 19.6 Å². The quantitative estimate of drug-likeness (QED) is 0.395. The molecule has 4 rings (SSSR count). The van der Waals surface area contributed by atoms with Crippen LogP contribution in [0.4, 0.5) is 0 Å². The molecule has 12 nitrogen and oxygen atoms in total. The zero-order valence-electron chi connectivity index (χ0n) is 24.5. The molecule has 12 heteroatoms. The van der Waals surface area contributed by atoms with Crippen molar-refractivity contribution < 1.29 is 29.4 Å². The smallest absolute Gasteiger partial charge is 0.338 e. The van der Waals surface area contributed by atoms with E-state index in [4.69, 9.17) is 0 Å². The Bertz CT molecular complexity index is 1480. The molecule has 41 heavy (non-hydrogen) atoms. The second-order valence-corrected chi connectivity index (χ2v) is 11.0. The van der Waals surface area contributed by atoms with E-state index in [2.05, 4.69) is 30.6 Å². The minimum atomic E-state index is -1.09. The Hall–Kier alpha value is -4.48. The summed E-state index contributed by atoms with van der Waals surface area (Å²) in [5.41, 5.74) is 0.278. The highest BCUT2D eigenvalue weighted by molar-refractivity contribution is 6.18. The van der Waals surface area contributed by atoms with Gasteiger partial charge in [-0.05, 0) is 62.3 Å². The van der Waals surface area contributed by atoms with E-state index in [-0.39, 0.29) is 57.8 Å². The summed E-state index contributed by atoms with van der Waals surface area (Å²) in [6, 6.07) is 3.09. The van der Waals surface area contributed by atoms with Gasteiger partial charge in [-0.15, -0.1) is 0 Å². The predicted octanol–water partition coefficient (Wildman–Crippen LogP) is 3.01. The third-order valence-electron chi connectivity index (χ3n) is 7.61. The van der Waals surface area contributed by atoms with Crippen LogP contribution in [0.3, 0.4) is 0 Å². The number of carboxylic acid groups (broad SMARTS) is 2. The number of aliphatic imine (C=N–C) groups is 2. The van der Waals surface area contributed by atoms with Gasteiger partial charge in [0.2, 0.25) is 0 Å².